The van der Waals surface area contributed by atoms with Crippen molar-refractivity contribution in [1.29, 1.82) is 0 Å². The van der Waals surface area contributed by atoms with Gasteiger partial charge in [0.05, 0.1) is 31.9 Å². The Morgan fingerprint density at radius 3 is 2.68 bits per heavy atom. The second-order valence-corrected chi connectivity index (χ2v) is 4.93. The number of hydrogen-bond acceptors (Lipinski definition) is 3. The van der Waals surface area contributed by atoms with Crippen LogP contribution in [0.15, 0.2) is 12.1 Å². The fraction of sp³-hybridized carbons (Fsp3) is 0.500. The molecule has 4 nitrogen and oxygen atoms in total. The summed E-state index contributed by atoms with van der Waals surface area (Å²) in [4.78, 5) is 11.8. The Hall–Kier alpha value is -1.26. The number of amides is 1. The van der Waals surface area contributed by atoms with Gasteiger partial charge in [-0.2, -0.15) is 0 Å². The van der Waals surface area contributed by atoms with E-state index in [0.717, 1.165) is 5.56 Å². The summed E-state index contributed by atoms with van der Waals surface area (Å²) < 4.78 is 10.5. The van der Waals surface area contributed by atoms with Gasteiger partial charge in [0, 0.05) is 11.1 Å². The van der Waals surface area contributed by atoms with E-state index in [1.54, 1.807) is 19.2 Å². The molecule has 1 aromatic rings. The first-order valence-electron chi connectivity index (χ1n) is 6.19. The summed E-state index contributed by atoms with van der Waals surface area (Å²) in [7, 11) is 1.54. The fourth-order valence-corrected chi connectivity index (χ4v) is 1.68. The van der Waals surface area contributed by atoms with Gasteiger partial charge < -0.3 is 14.8 Å². The standard InChI is InChI=1S/C14H20ClNO3/c1-9(2)19-6-5-14(17)16-12-7-10(3)11(15)8-13(12)18-4/h7-9H,5-6H2,1-4H3,(H,16,17). The Morgan fingerprint density at radius 1 is 1.42 bits per heavy atom. The molecule has 106 valence electrons. The Balaban J connectivity index is 2.65. The maximum absolute atomic E-state index is 11.8. The van der Waals surface area contributed by atoms with Crippen LogP contribution in [0.25, 0.3) is 0 Å². The molecule has 0 bridgehead atoms. The van der Waals surface area contributed by atoms with Crippen molar-refractivity contribution < 1.29 is 14.3 Å². The lowest BCUT2D eigenvalue weighted by atomic mass is 10.2. The summed E-state index contributed by atoms with van der Waals surface area (Å²) in [6.45, 7) is 6.14. The van der Waals surface area contributed by atoms with E-state index >= 15 is 0 Å². The first-order chi connectivity index (χ1) is 8.93. The highest BCUT2D eigenvalue weighted by Gasteiger charge is 2.10. The molecular formula is C14H20ClNO3. The molecule has 0 heterocycles. The molecule has 0 aromatic heterocycles. The molecule has 0 radical (unpaired) electrons. The molecule has 1 N–H and O–H groups in total. The molecule has 5 heteroatoms. The van der Waals surface area contributed by atoms with Gasteiger partial charge in [-0.15, -0.1) is 0 Å². The molecule has 0 aliphatic carbocycles. The number of carbonyl (C=O) groups is 1. The van der Waals surface area contributed by atoms with Gasteiger partial charge >= 0.3 is 0 Å². The molecule has 0 aliphatic rings. The van der Waals surface area contributed by atoms with Gasteiger partial charge in [-0.1, -0.05) is 11.6 Å². The van der Waals surface area contributed by atoms with Crippen LogP contribution in [0.3, 0.4) is 0 Å². The van der Waals surface area contributed by atoms with Crippen LogP contribution < -0.4 is 10.1 Å². The maximum atomic E-state index is 11.8. The Kier molecular flexibility index (Phi) is 6.12. The third-order valence-corrected chi connectivity index (χ3v) is 2.94. The summed E-state index contributed by atoms with van der Waals surface area (Å²) in [5.41, 5.74) is 1.51. The lowest BCUT2D eigenvalue weighted by Crippen LogP contribution is -2.16. The van der Waals surface area contributed by atoms with E-state index in [1.807, 2.05) is 20.8 Å². The molecular weight excluding hydrogens is 266 g/mol. The number of rotatable bonds is 6. The van der Waals surface area contributed by atoms with Crippen LogP contribution in [-0.2, 0) is 9.53 Å². The summed E-state index contributed by atoms with van der Waals surface area (Å²) in [6.07, 6.45) is 0.434. The second-order valence-electron chi connectivity index (χ2n) is 4.52. The van der Waals surface area contributed by atoms with Crippen molar-refractivity contribution in [3.8, 4) is 5.75 Å². The topological polar surface area (TPSA) is 47.6 Å². The number of ether oxygens (including phenoxy) is 2. The van der Waals surface area contributed by atoms with Crippen LogP contribution in [0.5, 0.6) is 5.75 Å². The zero-order valence-corrected chi connectivity index (χ0v) is 12.5. The van der Waals surface area contributed by atoms with Gasteiger partial charge in [-0.05, 0) is 32.4 Å². The van der Waals surface area contributed by atoms with Crippen LogP contribution in [0.4, 0.5) is 5.69 Å². The zero-order chi connectivity index (χ0) is 14.4. The number of nitrogens with one attached hydrogen (secondary N) is 1. The molecule has 0 atom stereocenters. The van der Waals surface area contributed by atoms with Gasteiger partial charge in [0.1, 0.15) is 5.75 Å². The van der Waals surface area contributed by atoms with Crippen molar-refractivity contribution in [3.63, 3.8) is 0 Å². The summed E-state index contributed by atoms with van der Waals surface area (Å²) in [5.74, 6) is 0.439. The maximum Gasteiger partial charge on any atom is 0.226 e. The van der Waals surface area contributed by atoms with Crippen molar-refractivity contribution in [2.24, 2.45) is 0 Å². The Morgan fingerprint density at radius 2 is 2.11 bits per heavy atom. The normalized spacial score (nSPS) is 10.6. The number of aryl methyl sites for hydroxylation is 1. The van der Waals surface area contributed by atoms with Gasteiger partial charge in [-0.25, -0.2) is 0 Å². The van der Waals surface area contributed by atoms with Crippen molar-refractivity contribution in [1.82, 2.24) is 0 Å². The van der Waals surface area contributed by atoms with E-state index in [0.29, 0.717) is 29.5 Å². The Bertz CT molecular complexity index is 447. The lowest BCUT2D eigenvalue weighted by Gasteiger charge is -2.12. The zero-order valence-electron chi connectivity index (χ0n) is 11.7. The lowest BCUT2D eigenvalue weighted by molar-refractivity contribution is -0.117. The average molecular weight is 286 g/mol. The van der Waals surface area contributed by atoms with Crippen molar-refractivity contribution in [2.45, 2.75) is 33.3 Å². The number of halogens is 1. The van der Waals surface area contributed by atoms with Crippen LogP contribution in [0.2, 0.25) is 5.02 Å². The van der Waals surface area contributed by atoms with E-state index in [2.05, 4.69) is 5.32 Å². The first-order valence-corrected chi connectivity index (χ1v) is 6.57. The SMILES string of the molecule is COc1cc(Cl)c(C)cc1NC(=O)CCOC(C)C. The molecule has 19 heavy (non-hydrogen) atoms. The second kappa shape index (κ2) is 7.36. The predicted molar refractivity (Wildman–Crippen MR) is 77.1 cm³/mol. The van der Waals surface area contributed by atoms with E-state index in [9.17, 15) is 4.79 Å². The van der Waals surface area contributed by atoms with Gasteiger partial charge in [0.2, 0.25) is 5.91 Å². The molecule has 1 amide bonds. The van der Waals surface area contributed by atoms with Crippen molar-refractivity contribution in [2.75, 3.05) is 19.0 Å². The number of benzene rings is 1. The van der Waals surface area contributed by atoms with E-state index in [-0.39, 0.29) is 12.0 Å². The minimum absolute atomic E-state index is 0.110. The summed E-state index contributed by atoms with van der Waals surface area (Å²) >= 11 is 6.01. The minimum atomic E-state index is -0.110. The number of hydrogen-bond donors (Lipinski definition) is 1. The van der Waals surface area contributed by atoms with E-state index < -0.39 is 0 Å². The highest BCUT2D eigenvalue weighted by atomic mass is 35.5. The molecule has 0 unspecified atom stereocenters. The average Bonchev–Trinajstić information content (AvgIpc) is 2.33. The summed E-state index contributed by atoms with van der Waals surface area (Å²) in [6, 6.07) is 3.49. The van der Waals surface area contributed by atoms with Crippen molar-refractivity contribution in [3.05, 3.63) is 22.7 Å². The van der Waals surface area contributed by atoms with Crippen LogP contribution in [0.1, 0.15) is 25.8 Å². The van der Waals surface area contributed by atoms with Crippen molar-refractivity contribution >= 4 is 23.2 Å². The van der Waals surface area contributed by atoms with Gasteiger partial charge in [-0.3, -0.25) is 4.79 Å². The van der Waals surface area contributed by atoms with Crippen LogP contribution in [0, 0.1) is 6.92 Å². The van der Waals surface area contributed by atoms with Gasteiger partial charge in [0.15, 0.2) is 0 Å². The molecule has 1 aromatic carbocycles. The van der Waals surface area contributed by atoms with Gasteiger partial charge in [0.25, 0.3) is 0 Å². The fourth-order valence-electron chi connectivity index (χ4n) is 1.53. The molecule has 0 saturated heterocycles. The molecule has 1 rings (SSSR count). The van der Waals surface area contributed by atoms with Crippen LogP contribution >= 0.6 is 11.6 Å². The largest absolute Gasteiger partial charge is 0.495 e. The first kappa shape index (κ1) is 15.8. The third kappa shape index (κ3) is 5.09. The predicted octanol–water partition coefficient (Wildman–Crippen LogP) is 3.41. The number of methoxy groups -OCH3 is 1. The molecule has 0 spiro atoms. The highest BCUT2D eigenvalue weighted by Crippen LogP contribution is 2.30. The quantitative estimate of drug-likeness (QED) is 0.871. The monoisotopic (exact) mass is 285 g/mol. The third-order valence-electron chi connectivity index (χ3n) is 2.54. The molecule has 0 saturated carbocycles. The van der Waals surface area contributed by atoms with E-state index in [4.69, 9.17) is 21.1 Å². The minimum Gasteiger partial charge on any atom is -0.495 e. The molecule has 0 fully saturated rings. The molecule has 0 aliphatic heterocycles. The number of carbonyl (C=O) groups excluding carboxylic acids is 1. The Labute approximate surface area is 119 Å². The highest BCUT2D eigenvalue weighted by molar-refractivity contribution is 6.31. The van der Waals surface area contributed by atoms with Crippen LogP contribution in [-0.4, -0.2) is 25.7 Å². The summed E-state index contributed by atoms with van der Waals surface area (Å²) in [5, 5.41) is 3.41. The smallest absolute Gasteiger partial charge is 0.226 e. The van der Waals surface area contributed by atoms with E-state index in [1.165, 1.54) is 0 Å². The number of anilines is 1.